The normalized spacial score (nSPS) is 13.7. The summed E-state index contributed by atoms with van der Waals surface area (Å²) < 4.78 is 16.0. The molecule has 0 spiro atoms. The molecule has 3 aromatic rings. The van der Waals surface area contributed by atoms with Gasteiger partial charge in [-0.3, -0.25) is 9.63 Å². The fourth-order valence-electron chi connectivity index (χ4n) is 2.81. The molecule has 140 valence electrons. The molecule has 1 saturated carbocycles. The second-order valence-corrected chi connectivity index (χ2v) is 7.60. The van der Waals surface area contributed by atoms with Crippen LogP contribution in [0.3, 0.4) is 0 Å². The lowest BCUT2D eigenvalue weighted by atomic mass is 10.1. The quantitative estimate of drug-likeness (QED) is 0.497. The van der Waals surface area contributed by atoms with E-state index >= 15 is 4.39 Å². The molecule has 1 heterocycles. The van der Waals surface area contributed by atoms with E-state index in [1.807, 2.05) is 25.1 Å². The Balaban J connectivity index is 1.69. The summed E-state index contributed by atoms with van der Waals surface area (Å²) in [5.41, 5.74) is 4.83. The molecule has 1 amide bonds. The van der Waals surface area contributed by atoms with E-state index in [0.717, 1.165) is 22.9 Å². The molecule has 1 fully saturated rings. The van der Waals surface area contributed by atoms with Gasteiger partial charge in [0, 0.05) is 10.2 Å². The third-order valence-electron chi connectivity index (χ3n) is 4.53. The number of hydrogen-bond donors (Lipinski definition) is 3. The first-order valence-corrected chi connectivity index (χ1v) is 9.43. The van der Waals surface area contributed by atoms with Crippen LogP contribution in [0, 0.1) is 18.7 Å². The number of carbonyl (C=O) groups excluding carboxylic acids is 1. The summed E-state index contributed by atoms with van der Waals surface area (Å²) in [6.07, 6.45) is 3.62. The van der Waals surface area contributed by atoms with E-state index in [2.05, 4.69) is 36.7 Å². The summed E-state index contributed by atoms with van der Waals surface area (Å²) in [6, 6.07) is 7.12. The van der Waals surface area contributed by atoms with E-state index in [0.29, 0.717) is 23.7 Å². The minimum absolute atomic E-state index is 0.0738. The number of aromatic amines is 1. The van der Waals surface area contributed by atoms with Gasteiger partial charge in [-0.15, -0.1) is 0 Å². The number of hydrogen-bond acceptors (Lipinski definition) is 4. The number of benzene rings is 2. The number of nitrogens with one attached hydrogen (secondary N) is 3. The van der Waals surface area contributed by atoms with E-state index in [4.69, 9.17) is 4.84 Å². The summed E-state index contributed by atoms with van der Waals surface area (Å²) in [6.45, 7) is 2.37. The minimum atomic E-state index is -0.570. The molecule has 0 saturated heterocycles. The van der Waals surface area contributed by atoms with Gasteiger partial charge in [0.15, 0.2) is 5.82 Å². The minimum Gasteiger partial charge on any atom is -0.352 e. The summed E-state index contributed by atoms with van der Waals surface area (Å²) >= 11 is 3.41. The average Bonchev–Trinajstić information content (AvgIpc) is 3.33. The van der Waals surface area contributed by atoms with Crippen LogP contribution in [0.25, 0.3) is 11.0 Å². The SMILES string of the molecule is Cc1cc(Br)ccc1Nc1c(C(=O)NOCC2CC2)cc2nc[nH]c2c1F. The number of nitrogens with zero attached hydrogens (tertiary/aromatic N) is 1. The third kappa shape index (κ3) is 3.81. The van der Waals surface area contributed by atoms with Crippen molar-refractivity contribution in [3.63, 3.8) is 0 Å². The van der Waals surface area contributed by atoms with Crippen molar-refractivity contribution in [2.45, 2.75) is 19.8 Å². The van der Waals surface area contributed by atoms with Crippen molar-refractivity contribution in [2.24, 2.45) is 5.92 Å². The lowest BCUT2D eigenvalue weighted by Gasteiger charge is -2.15. The van der Waals surface area contributed by atoms with E-state index < -0.39 is 11.7 Å². The largest absolute Gasteiger partial charge is 0.352 e. The Morgan fingerprint density at radius 3 is 2.96 bits per heavy atom. The Labute approximate surface area is 163 Å². The predicted molar refractivity (Wildman–Crippen MR) is 104 cm³/mol. The molecule has 2 aromatic carbocycles. The number of anilines is 2. The summed E-state index contributed by atoms with van der Waals surface area (Å²) in [7, 11) is 0. The Morgan fingerprint density at radius 2 is 2.22 bits per heavy atom. The highest BCUT2D eigenvalue weighted by atomic mass is 79.9. The molecule has 0 atom stereocenters. The summed E-state index contributed by atoms with van der Waals surface area (Å²) in [5.74, 6) is -0.588. The van der Waals surface area contributed by atoms with Gasteiger partial charge in [0.25, 0.3) is 5.91 Å². The standard InChI is InChI=1S/C19H18BrFN4O2/c1-10-6-12(20)4-5-14(10)24-17-13(19(26)25-27-8-11-2-3-11)7-15-18(16(17)21)23-9-22-15/h4-7,9,11,24H,2-3,8H2,1H3,(H,22,23)(H,25,26). The molecule has 27 heavy (non-hydrogen) atoms. The smallest absolute Gasteiger partial charge is 0.277 e. The van der Waals surface area contributed by atoms with Crippen molar-refractivity contribution < 1.29 is 14.0 Å². The number of carbonyl (C=O) groups is 1. The summed E-state index contributed by atoms with van der Waals surface area (Å²) in [5, 5.41) is 3.05. The van der Waals surface area contributed by atoms with Crippen molar-refractivity contribution in [2.75, 3.05) is 11.9 Å². The molecule has 8 heteroatoms. The maximum Gasteiger partial charge on any atom is 0.277 e. The van der Waals surface area contributed by atoms with Crippen LogP contribution in [0.15, 0.2) is 35.1 Å². The maximum absolute atomic E-state index is 15.1. The van der Waals surface area contributed by atoms with Gasteiger partial charge in [-0.05, 0) is 55.5 Å². The highest BCUT2D eigenvalue weighted by Gasteiger charge is 2.24. The number of hydroxylamine groups is 1. The van der Waals surface area contributed by atoms with Crippen LogP contribution in [-0.2, 0) is 4.84 Å². The number of fused-ring (bicyclic) bond motifs is 1. The number of aromatic nitrogens is 2. The van der Waals surface area contributed by atoms with Gasteiger partial charge in [-0.1, -0.05) is 15.9 Å². The number of halogens is 2. The van der Waals surface area contributed by atoms with Gasteiger partial charge in [0.1, 0.15) is 5.52 Å². The Morgan fingerprint density at radius 1 is 1.41 bits per heavy atom. The van der Waals surface area contributed by atoms with E-state index in [-0.39, 0.29) is 16.8 Å². The molecule has 6 nitrogen and oxygen atoms in total. The van der Waals surface area contributed by atoms with Crippen LogP contribution in [0.4, 0.5) is 15.8 Å². The van der Waals surface area contributed by atoms with Gasteiger partial charge in [0.2, 0.25) is 0 Å². The van der Waals surface area contributed by atoms with Crippen molar-refractivity contribution in [1.29, 1.82) is 0 Å². The lowest BCUT2D eigenvalue weighted by molar-refractivity contribution is 0.0271. The Bertz CT molecular complexity index is 1020. The molecule has 3 N–H and O–H groups in total. The predicted octanol–water partition coefficient (Wildman–Crippen LogP) is 4.59. The molecule has 1 aliphatic carbocycles. The van der Waals surface area contributed by atoms with Crippen LogP contribution in [0.2, 0.25) is 0 Å². The van der Waals surface area contributed by atoms with Crippen molar-refractivity contribution >= 4 is 44.2 Å². The number of amides is 1. The average molecular weight is 433 g/mol. The second kappa shape index (κ2) is 7.28. The zero-order valence-electron chi connectivity index (χ0n) is 14.6. The van der Waals surface area contributed by atoms with Crippen LogP contribution in [-0.4, -0.2) is 22.5 Å². The van der Waals surface area contributed by atoms with Gasteiger partial charge in [-0.2, -0.15) is 0 Å². The fraction of sp³-hybridized carbons (Fsp3) is 0.263. The number of H-pyrrole nitrogens is 1. The highest BCUT2D eigenvalue weighted by molar-refractivity contribution is 9.10. The monoisotopic (exact) mass is 432 g/mol. The van der Waals surface area contributed by atoms with Crippen LogP contribution >= 0.6 is 15.9 Å². The zero-order valence-corrected chi connectivity index (χ0v) is 16.2. The molecule has 0 unspecified atom stereocenters. The Kier molecular flexibility index (Phi) is 4.84. The number of imidazole rings is 1. The molecule has 4 rings (SSSR count). The first-order chi connectivity index (χ1) is 13.0. The van der Waals surface area contributed by atoms with E-state index in [9.17, 15) is 4.79 Å². The topological polar surface area (TPSA) is 79.0 Å². The van der Waals surface area contributed by atoms with Gasteiger partial charge < -0.3 is 10.3 Å². The first-order valence-electron chi connectivity index (χ1n) is 8.64. The second-order valence-electron chi connectivity index (χ2n) is 6.68. The summed E-state index contributed by atoms with van der Waals surface area (Å²) in [4.78, 5) is 24.7. The van der Waals surface area contributed by atoms with Gasteiger partial charge >= 0.3 is 0 Å². The van der Waals surface area contributed by atoms with Gasteiger partial charge in [-0.25, -0.2) is 14.9 Å². The van der Waals surface area contributed by atoms with Crippen LogP contribution in [0.1, 0.15) is 28.8 Å². The zero-order chi connectivity index (χ0) is 19.0. The maximum atomic E-state index is 15.1. The molecule has 0 aliphatic heterocycles. The third-order valence-corrected chi connectivity index (χ3v) is 5.02. The number of aryl methyl sites for hydroxylation is 1. The van der Waals surface area contributed by atoms with Crippen molar-refractivity contribution in [3.8, 4) is 0 Å². The molecular formula is C19H18BrFN4O2. The molecular weight excluding hydrogens is 415 g/mol. The van der Waals surface area contributed by atoms with Crippen LogP contribution in [0.5, 0.6) is 0 Å². The number of rotatable bonds is 6. The van der Waals surface area contributed by atoms with E-state index in [1.165, 1.54) is 6.33 Å². The Hall–Kier alpha value is -2.45. The van der Waals surface area contributed by atoms with Crippen molar-refractivity contribution in [3.05, 3.63) is 52.0 Å². The van der Waals surface area contributed by atoms with Crippen molar-refractivity contribution in [1.82, 2.24) is 15.4 Å². The fourth-order valence-corrected chi connectivity index (χ4v) is 3.29. The lowest BCUT2D eigenvalue weighted by Crippen LogP contribution is -2.26. The molecule has 1 aromatic heterocycles. The molecule has 1 aliphatic rings. The van der Waals surface area contributed by atoms with Crippen LogP contribution < -0.4 is 10.8 Å². The molecule has 0 radical (unpaired) electrons. The van der Waals surface area contributed by atoms with Gasteiger partial charge in [0.05, 0.1) is 29.7 Å². The molecule has 0 bridgehead atoms. The van der Waals surface area contributed by atoms with E-state index in [1.54, 1.807) is 6.07 Å². The highest BCUT2D eigenvalue weighted by Crippen LogP contribution is 2.32. The first kappa shape index (κ1) is 17.9.